The van der Waals surface area contributed by atoms with E-state index < -0.39 is 0 Å². The molecule has 0 aliphatic rings. The molecule has 0 amide bonds. The van der Waals surface area contributed by atoms with E-state index in [0.29, 0.717) is 0 Å². The molecule has 0 spiro atoms. The Hall–Kier alpha value is -6.61. The zero-order valence-electron chi connectivity index (χ0n) is 28.9. The Bertz CT molecular complexity index is 2860. The molecule has 1 heterocycles. The first-order valence-corrected chi connectivity index (χ1v) is 18.9. The summed E-state index contributed by atoms with van der Waals surface area (Å²) in [5.41, 5.74) is 14.4. The van der Waals surface area contributed by atoms with Crippen LogP contribution in [0.3, 0.4) is 0 Å². The van der Waals surface area contributed by atoms with Gasteiger partial charge in [-0.25, -0.2) is 4.98 Å². The molecule has 0 saturated heterocycles. The number of nitrogens with zero attached hydrogens (tertiary/aromatic N) is 1. The summed E-state index contributed by atoms with van der Waals surface area (Å²) in [7, 11) is 0. The zero-order chi connectivity index (χ0) is 35.1. The van der Waals surface area contributed by atoms with Crippen molar-refractivity contribution in [1.82, 2.24) is 4.98 Å². The van der Waals surface area contributed by atoms with Crippen LogP contribution >= 0.6 is 11.3 Å². The quantitative estimate of drug-likeness (QED) is 0.158. The molecule has 0 atom stereocenters. The van der Waals surface area contributed by atoms with Crippen LogP contribution < -0.4 is 0 Å². The Morgan fingerprint density at radius 2 is 0.679 bits per heavy atom. The van der Waals surface area contributed by atoms with Gasteiger partial charge in [0.1, 0.15) is 5.01 Å². The second-order valence-corrected chi connectivity index (χ2v) is 14.5. The molecule has 9 aromatic carbocycles. The van der Waals surface area contributed by atoms with Crippen LogP contribution in [0.1, 0.15) is 0 Å². The summed E-state index contributed by atoms with van der Waals surface area (Å²) in [5, 5.41) is 6.03. The maximum atomic E-state index is 4.91. The second-order valence-electron chi connectivity index (χ2n) is 13.5. The monoisotopic (exact) mass is 691 g/mol. The first kappa shape index (κ1) is 31.2. The van der Waals surface area contributed by atoms with Gasteiger partial charge in [-0.1, -0.05) is 182 Å². The van der Waals surface area contributed by atoms with E-state index in [1.54, 1.807) is 11.3 Å². The van der Waals surface area contributed by atoms with Crippen molar-refractivity contribution in [3.8, 4) is 66.2 Å². The number of benzene rings is 9. The zero-order valence-corrected chi connectivity index (χ0v) is 29.7. The lowest BCUT2D eigenvalue weighted by Gasteiger charge is -2.19. The summed E-state index contributed by atoms with van der Waals surface area (Å²) < 4.78 is 1.21. The van der Waals surface area contributed by atoms with Crippen molar-refractivity contribution in [2.45, 2.75) is 0 Å². The Morgan fingerprint density at radius 3 is 1.25 bits per heavy atom. The van der Waals surface area contributed by atoms with E-state index in [1.807, 2.05) is 0 Å². The normalized spacial score (nSPS) is 11.4. The molecule has 248 valence electrons. The van der Waals surface area contributed by atoms with Crippen LogP contribution in [0.2, 0.25) is 0 Å². The van der Waals surface area contributed by atoms with Crippen LogP contribution in [-0.4, -0.2) is 4.98 Å². The number of thiazole rings is 1. The molecule has 0 bridgehead atoms. The minimum Gasteiger partial charge on any atom is -0.236 e. The maximum Gasteiger partial charge on any atom is 0.124 e. The Balaban J connectivity index is 1.15. The minimum atomic E-state index is 1.05. The van der Waals surface area contributed by atoms with Gasteiger partial charge in [0.2, 0.25) is 0 Å². The molecular formula is C51H33NS. The van der Waals surface area contributed by atoms with Gasteiger partial charge in [0.15, 0.2) is 0 Å². The molecule has 10 rings (SSSR count). The molecule has 0 aliphatic carbocycles. The third-order valence-electron chi connectivity index (χ3n) is 10.3. The van der Waals surface area contributed by atoms with Gasteiger partial charge >= 0.3 is 0 Å². The van der Waals surface area contributed by atoms with Gasteiger partial charge in [-0.2, -0.15) is 0 Å². The highest BCUT2D eigenvalue weighted by Crippen LogP contribution is 2.45. The number of aromatic nitrogens is 1. The van der Waals surface area contributed by atoms with Gasteiger partial charge in [-0.15, -0.1) is 11.3 Å². The molecule has 0 aliphatic heterocycles. The summed E-state index contributed by atoms with van der Waals surface area (Å²) in [4.78, 5) is 4.91. The Morgan fingerprint density at radius 1 is 0.283 bits per heavy atom. The highest BCUT2D eigenvalue weighted by atomic mass is 32.1. The topological polar surface area (TPSA) is 12.9 Å². The number of hydrogen-bond acceptors (Lipinski definition) is 2. The molecule has 0 unspecified atom stereocenters. The van der Waals surface area contributed by atoms with Crippen LogP contribution in [0.15, 0.2) is 200 Å². The Labute approximate surface area is 313 Å². The summed E-state index contributed by atoms with van der Waals surface area (Å²) in [6, 6.07) is 72.6. The third kappa shape index (κ3) is 5.70. The molecule has 10 aromatic rings. The van der Waals surface area contributed by atoms with Crippen molar-refractivity contribution in [1.29, 1.82) is 0 Å². The smallest absolute Gasteiger partial charge is 0.124 e. The Kier molecular flexibility index (Phi) is 7.74. The van der Waals surface area contributed by atoms with E-state index in [0.717, 1.165) is 16.1 Å². The fourth-order valence-corrected chi connectivity index (χ4v) is 8.67. The first-order chi connectivity index (χ1) is 26.3. The lowest BCUT2D eigenvalue weighted by Crippen LogP contribution is -1.92. The molecule has 0 radical (unpaired) electrons. The highest BCUT2D eigenvalue weighted by molar-refractivity contribution is 7.21. The molecule has 1 aromatic heterocycles. The standard InChI is InChI=1S/C51H33NS/c1-3-11-34(12-4-1)36-19-25-39(26-20-36)49-43-15-7-8-16-44(43)50(40-27-21-37(22-28-40)35-13-5-2-6-14-35)46-33-42(31-32-45(46)49)38-23-29-41(30-24-38)51-52-47-17-9-10-18-48(47)53-51/h1-33H. The molecule has 0 fully saturated rings. The molecule has 0 N–H and O–H groups in total. The van der Waals surface area contributed by atoms with Gasteiger partial charge in [0.05, 0.1) is 10.2 Å². The summed E-state index contributed by atoms with van der Waals surface area (Å²) >= 11 is 1.74. The number of hydrogen-bond donors (Lipinski definition) is 0. The largest absolute Gasteiger partial charge is 0.236 e. The van der Waals surface area contributed by atoms with Crippen LogP contribution in [-0.2, 0) is 0 Å². The van der Waals surface area contributed by atoms with Crippen molar-refractivity contribution in [2.75, 3.05) is 0 Å². The lowest BCUT2D eigenvalue weighted by molar-refractivity contribution is 1.48. The van der Waals surface area contributed by atoms with Crippen molar-refractivity contribution in [3.63, 3.8) is 0 Å². The van der Waals surface area contributed by atoms with E-state index in [-0.39, 0.29) is 0 Å². The minimum absolute atomic E-state index is 1.05. The molecule has 1 nitrogen and oxygen atoms in total. The average Bonchev–Trinajstić information content (AvgIpc) is 3.68. The van der Waals surface area contributed by atoms with Crippen LogP contribution in [0.5, 0.6) is 0 Å². The third-order valence-corrected chi connectivity index (χ3v) is 11.4. The molecular weight excluding hydrogens is 659 g/mol. The fraction of sp³-hybridized carbons (Fsp3) is 0. The van der Waals surface area contributed by atoms with Crippen LogP contribution in [0.4, 0.5) is 0 Å². The van der Waals surface area contributed by atoms with Crippen molar-refractivity contribution in [3.05, 3.63) is 200 Å². The van der Waals surface area contributed by atoms with Crippen molar-refractivity contribution >= 4 is 43.1 Å². The van der Waals surface area contributed by atoms with Crippen molar-refractivity contribution in [2.24, 2.45) is 0 Å². The van der Waals surface area contributed by atoms with E-state index in [9.17, 15) is 0 Å². The predicted octanol–water partition coefficient (Wildman–Crippen LogP) is 14.6. The van der Waals surface area contributed by atoms with Gasteiger partial charge in [0.25, 0.3) is 0 Å². The second kappa shape index (κ2) is 13.2. The summed E-state index contributed by atoms with van der Waals surface area (Å²) in [5.74, 6) is 0. The number of fused-ring (bicyclic) bond motifs is 3. The van der Waals surface area contributed by atoms with Crippen LogP contribution in [0.25, 0.3) is 98.0 Å². The summed E-state index contributed by atoms with van der Waals surface area (Å²) in [6.45, 7) is 0. The van der Waals surface area contributed by atoms with E-state index >= 15 is 0 Å². The van der Waals surface area contributed by atoms with E-state index in [2.05, 4.69) is 200 Å². The first-order valence-electron chi connectivity index (χ1n) is 18.0. The number of para-hydroxylation sites is 1. The van der Waals surface area contributed by atoms with E-state index in [1.165, 1.54) is 81.9 Å². The molecule has 0 saturated carbocycles. The van der Waals surface area contributed by atoms with Crippen molar-refractivity contribution < 1.29 is 0 Å². The lowest BCUT2D eigenvalue weighted by atomic mass is 9.84. The van der Waals surface area contributed by atoms with Gasteiger partial charge in [0, 0.05) is 5.56 Å². The SMILES string of the molecule is c1ccc(-c2ccc(-c3c4ccccc4c(-c4ccc(-c5ccccc5)cc4)c4cc(-c5ccc(-c6nc7ccccc7s6)cc5)ccc34)cc2)cc1. The molecule has 53 heavy (non-hydrogen) atoms. The molecule has 2 heteroatoms. The van der Waals surface area contributed by atoms with Gasteiger partial charge in [-0.3, -0.25) is 0 Å². The van der Waals surface area contributed by atoms with Crippen LogP contribution in [0, 0.1) is 0 Å². The average molecular weight is 692 g/mol. The van der Waals surface area contributed by atoms with E-state index in [4.69, 9.17) is 4.98 Å². The highest BCUT2D eigenvalue weighted by Gasteiger charge is 2.18. The van der Waals surface area contributed by atoms with Gasteiger partial charge in [-0.05, 0) is 95.4 Å². The summed E-state index contributed by atoms with van der Waals surface area (Å²) in [6.07, 6.45) is 0. The fourth-order valence-electron chi connectivity index (χ4n) is 7.70. The number of rotatable bonds is 6. The predicted molar refractivity (Wildman–Crippen MR) is 227 cm³/mol. The maximum absolute atomic E-state index is 4.91. The van der Waals surface area contributed by atoms with Gasteiger partial charge < -0.3 is 0 Å².